The van der Waals surface area contributed by atoms with Crippen molar-refractivity contribution in [2.24, 2.45) is 17.8 Å². The van der Waals surface area contributed by atoms with Crippen LogP contribution >= 0.6 is 0 Å². The Balaban J connectivity index is 2.80. The van der Waals surface area contributed by atoms with Gasteiger partial charge in [0.1, 0.15) is 0 Å². The van der Waals surface area contributed by atoms with Crippen LogP contribution in [0.2, 0.25) is 0 Å². The Labute approximate surface area is 102 Å². The summed E-state index contributed by atoms with van der Waals surface area (Å²) in [5.41, 5.74) is 1.68. The molecule has 1 aliphatic carbocycles. The van der Waals surface area contributed by atoms with Gasteiger partial charge >= 0.3 is 0 Å². The summed E-state index contributed by atoms with van der Waals surface area (Å²) >= 11 is 0. The van der Waals surface area contributed by atoms with Gasteiger partial charge in [0.15, 0.2) is 0 Å². The lowest BCUT2D eigenvalue weighted by Crippen LogP contribution is -2.26. The van der Waals surface area contributed by atoms with Crippen LogP contribution in [0, 0.1) is 17.8 Å². The van der Waals surface area contributed by atoms with Crippen molar-refractivity contribution in [1.29, 1.82) is 0 Å². The van der Waals surface area contributed by atoms with Crippen molar-refractivity contribution in [2.45, 2.75) is 59.3 Å². The zero-order chi connectivity index (χ0) is 12.0. The molecular formula is C16H28. The molecule has 0 aliphatic heterocycles. The zero-order valence-electron chi connectivity index (χ0n) is 11.3. The second kappa shape index (κ2) is 6.93. The van der Waals surface area contributed by atoms with Gasteiger partial charge in [-0.05, 0) is 37.0 Å². The highest BCUT2D eigenvalue weighted by molar-refractivity contribution is 5.17. The maximum absolute atomic E-state index is 3.87. The number of rotatable bonds is 5. The lowest BCUT2D eigenvalue weighted by Gasteiger charge is -2.37. The molecule has 0 spiro atoms. The van der Waals surface area contributed by atoms with E-state index in [1.807, 2.05) is 6.08 Å². The summed E-state index contributed by atoms with van der Waals surface area (Å²) in [6.07, 6.45) is 12.4. The minimum absolute atomic E-state index is 0.846. The molecule has 0 aromatic heterocycles. The molecule has 3 unspecified atom stereocenters. The standard InChI is InChI=1S/C16H28/c1-5-8-14-11-13(4)12-15(9-6-2)16(14)10-7-3/h5,8,13,15-16H,1,6-7,9-12H2,2-4H3/b14-8-. The maximum atomic E-state index is 3.87. The van der Waals surface area contributed by atoms with Crippen LogP contribution in [0.1, 0.15) is 59.3 Å². The van der Waals surface area contributed by atoms with Gasteiger partial charge in [0.2, 0.25) is 0 Å². The van der Waals surface area contributed by atoms with E-state index in [2.05, 4.69) is 33.4 Å². The Morgan fingerprint density at radius 2 is 1.94 bits per heavy atom. The minimum atomic E-state index is 0.846. The smallest absolute Gasteiger partial charge is 0.0172 e. The molecule has 0 aromatic rings. The fourth-order valence-electron chi connectivity index (χ4n) is 3.39. The molecule has 1 aliphatic rings. The number of hydrogen-bond donors (Lipinski definition) is 0. The normalized spacial score (nSPS) is 32.9. The zero-order valence-corrected chi connectivity index (χ0v) is 11.3. The molecule has 3 atom stereocenters. The largest absolute Gasteiger partial charge is 0.0991 e. The van der Waals surface area contributed by atoms with Crippen molar-refractivity contribution in [3.8, 4) is 0 Å². The van der Waals surface area contributed by atoms with Crippen molar-refractivity contribution < 1.29 is 0 Å². The topological polar surface area (TPSA) is 0 Å². The molecule has 0 saturated heterocycles. The van der Waals surface area contributed by atoms with E-state index >= 15 is 0 Å². The molecule has 1 fully saturated rings. The van der Waals surface area contributed by atoms with Gasteiger partial charge in [-0.2, -0.15) is 0 Å². The SMILES string of the molecule is C=C/C=C1/CC(C)CC(CCC)C1CCC. The highest BCUT2D eigenvalue weighted by atomic mass is 14.4. The summed E-state index contributed by atoms with van der Waals surface area (Å²) in [5, 5.41) is 0. The first kappa shape index (κ1) is 13.5. The van der Waals surface area contributed by atoms with Gasteiger partial charge in [-0.25, -0.2) is 0 Å². The molecule has 0 heterocycles. The summed E-state index contributed by atoms with van der Waals surface area (Å²) in [5.74, 6) is 2.65. The van der Waals surface area contributed by atoms with Crippen molar-refractivity contribution in [3.05, 3.63) is 24.3 Å². The summed E-state index contributed by atoms with van der Waals surface area (Å²) in [6, 6.07) is 0. The Kier molecular flexibility index (Phi) is 5.87. The van der Waals surface area contributed by atoms with Gasteiger partial charge in [-0.1, -0.05) is 64.3 Å². The van der Waals surface area contributed by atoms with E-state index in [1.165, 1.54) is 38.5 Å². The van der Waals surface area contributed by atoms with Crippen LogP contribution < -0.4 is 0 Å². The average Bonchev–Trinajstić information content (AvgIpc) is 2.24. The Morgan fingerprint density at radius 1 is 1.25 bits per heavy atom. The Bertz CT molecular complexity index is 236. The average molecular weight is 220 g/mol. The van der Waals surface area contributed by atoms with Crippen LogP contribution in [0.4, 0.5) is 0 Å². The van der Waals surface area contributed by atoms with E-state index in [9.17, 15) is 0 Å². The Hall–Kier alpha value is -0.520. The Morgan fingerprint density at radius 3 is 2.50 bits per heavy atom. The van der Waals surface area contributed by atoms with Gasteiger partial charge in [-0.3, -0.25) is 0 Å². The summed E-state index contributed by atoms with van der Waals surface area (Å²) in [7, 11) is 0. The molecule has 0 bridgehead atoms. The van der Waals surface area contributed by atoms with E-state index in [0.29, 0.717) is 0 Å². The molecule has 0 radical (unpaired) electrons. The van der Waals surface area contributed by atoms with Crippen molar-refractivity contribution in [3.63, 3.8) is 0 Å². The second-order valence-corrected chi connectivity index (χ2v) is 5.47. The third kappa shape index (κ3) is 3.50. The van der Waals surface area contributed by atoms with Crippen molar-refractivity contribution in [1.82, 2.24) is 0 Å². The van der Waals surface area contributed by atoms with E-state index in [0.717, 1.165) is 17.8 Å². The highest BCUT2D eigenvalue weighted by Crippen LogP contribution is 2.42. The lowest BCUT2D eigenvalue weighted by molar-refractivity contribution is 0.224. The van der Waals surface area contributed by atoms with Crippen LogP contribution in [0.3, 0.4) is 0 Å². The van der Waals surface area contributed by atoms with Crippen LogP contribution in [0.15, 0.2) is 24.3 Å². The molecule has 0 nitrogen and oxygen atoms in total. The van der Waals surface area contributed by atoms with E-state index < -0.39 is 0 Å². The number of hydrogen-bond acceptors (Lipinski definition) is 0. The molecular weight excluding hydrogens is 192 g/mol. The van der Waals surface area contributed by atoms with Gasteiger partial charge in [0, 0.05) is 0 Å². The maximum Gasteiger partial charge on any atom is -0.0172 e. The third-order valence-corrected chi connectivity index (χ3v) is 3.93. The monoisotopic (exact) mass is 220 g/mol. The minimum Gasteiger partial charge on any atom is -0.0991 e. The fourth-order valence-corrected chi connectivity index (χ4v) is 3.39. The predicted octanol–water partition coefficient (Wildman–Crippen LogP) is 5.36. The molecule has 92 valence electrons. The second-order valence-electron chi connectivity index (χ2n) is 5.47. The predicted molar refractivity (Wildman–Crippen MR) is 73.5 cm³/mol. The first-order valence-corrected chi connectivity index (χ1v) is 7.04. The van der Waals surface area contributed by atoms with E-state index in [4.69, 9.17) is 0 Å². The lowest BCUT2D eigenvalue weighted by atomic mass is 9.68. The quantitative estimate of drug-likeness (QED) is 0.585. The summed E-state index contributed by atoms with van der Waals surface area (Å²) in [6.45, 7) is 10.9. The molecule has 0 N–H and O–H groups in total. The highest BCUT2D eigenvalue weighted by Gasteiger charge is 2.30. The first-order chi connectivity index (χ1) is 7.72. The third-order valence-electron chi connectivity index (χ3n) is 3.93. The summed E-state index contributed by atoms with van der Waals surface area (Å²) in [4.78, 5) is 0. The van der Waals surface area contributed by atoms with Crippen LogP contribution in [-0.2, 0) is 0 Å². The molecule has 1 rings (SSSR count). The van der Waals surface area contributed by atoms with Gasteiger partial charge in [0.25, 0.3) is 0 Å². The number of allylic oxidation sites excluding steroid dienone is 3. The van der Waals surface area contributed by atoms with Gasteiger partial charge in [0.05, 0.1) is 0 Å². The molecule has 0 amide bonds. The van der Waals surface area contributed by atoms with E-state index in [-0.39, 0.29) is 0 Å². The molecule has 0 aromatic carbocycles. The van der Waals surface area contributed by atoms with Gasteiger partial charge < -0.3 is 0 Å². The summed E-state index contributed by atoms with van der Waals surface area (Å²) < 4.78 is 0. The molecule has 0 heteroatoms. The van der Waals surface area contributed by atoms with Crippen molar-refractivity contribution in [2.75, 3.05) is 0 Å². The van der Waals surface area contributed by atoms with Crippen LogP contribution in [0.25, 0.3) is 0 Å². The van der Waals surface area contributed by atoms with Crippen LogP contribution in [0.5, 0.6) is 0 Å². The van der Waals surface area contributed by atoms with Crippen molar-refractivity contribution >= 4 is 0 Å². The molecule has 1 saturated carbocycles. The van der Waals surface area contributed by atoms with Crippen LogP contribution in [-0.4, -0.2) is 0 Å². The molecule has 16 heavy (non-hydrogen) atoms. The fraction of sp³-hybridized carbons (Fsp3) is 0.750. The van der Waals surface area contributed by atoms with E-state index in [1.54, 1.807) is 5.57 Å². The first-order valence-electron chi connectivity index (χ1n) is 7.04. The van der Waals surface area contributed by atoms with Gasteiger partial charge in [-0.15, -0.1) is 0 Å².